The van der Waals surface area contributed by atoms with E-state index in [0.29, 0.717) is 36.3 Å². The van der Waals surface area contributed by atoms with Gasteiger partial charge in [0.25, 0.3) is 0 Å². The first-order chi connectivity index (χ1) is 20.6. The molecule has 3 aromatic rings. The summed E-state index contributed by atoms with van der Waals surface area (Å²) in [7, 11) is 1.40. The third-order valence-electron chi connectivity index (χ3n) is 8.32. The van der Waals surface area contributed by atoms with Gasteiger partial charge in [0.2, 0.25) is 11.5 Å². The van der Waals surface area contributed by atoms with Crippen molar-refractivity contribution in [3.05, 3.63) is 75.7 Å². The van der Waals surface area contributed by atoms with Crippen LogP contribution in [0.1, 0.15) is 60.3 Å². The Hall–Kier alpha value is -3.70. The number of hydrogen-bond acceptors (Lipinski definition) is 6. The van der Waals surface area contributed by atoms with Crippen LogP contribution >= 0.6 is 11.6 Å². The zero-order valence-electron chi connectivity index (χ0n) is 24.3. The summed E-state index contributed by atoms with van der Waals surface area (Å²) in [5.41, 5.74) is -3.61. The van der Waals surface area contributed by atoms with Gasteiger partial charge in [0, 0.05) is 41.0 Å². The zero-order chi connectivity index (χ0) is 32.0. The number of amides is 1. The van der Waals surface area contributed by atoms with Gasteiger partial charge in [-0.3, -0.25) is 9.59 Å². The van der Waals surface area contributed by atoms with Crippen molar-refractivity contribution >= 4 is 23.3 Å². The average Bonchev–Trinajstić information content (AvgIpc) is 3.53. The lowest BCUT2D eigenvalue weighted by molar-refractivity contribution is -0.270. The number of alkyl halides is 3. The van der Waals surface area contributed by atoms with Gasteiger partial charge in [0.15, 0.2) is 5.78 Å². The van der Waals surface area contributed by atoms with E-state index in [1.807, 2.05) is 0 Å². The van der Waals surface area contributed by atoms with Crippen LogP contribution in [0.2, 0.25) is 5.02 Å². The van der Waals surface area contributed by atoms with Crippen LogP contribution in [0.3, 0.4) is 0 Å². The number of benzene rings is 2. The fraction of sp³-hybridized carbons (Fsp3) is 0.406. The van der Waals surface area contributed by atoms with Gasteiger partial charge in [0.1, 0.15) is 23.0 Å². The Kier molecular flexibility index (Phi) is 8.41. The van der Waals surface area contributed by atoms with Gasteiger partial charge < -0.3 is 19.9 Å². The summed E-state index contributed by atoms with van der Waals surface area (Å²) >= 11 is 5.96. The highest BCUT2D eigenvalue weighted by molar-refractivity contribution is 6.31. The predicted molar refractivity (Wildman–Crippen MR) is 154 cm³/mol. The zero-order valence-corrected chi connectivity index (χ0v) is 25.0. The number of ether oxygens (including phenoxy) is 2. The number of aromatic nitrogens is 1. The number of nitrogens with one attached hydrogen (secondary N) is 1. The molecule has 1 saturated heterocycles. The van der Waals surface area contributed by atoms with E-state index in [9.17, 15) is 32.3 Å². The third kappa shape index (κ3) is 5.87. The number of hydrogen-bond donors (Lipinski definition) is 2. The minimum absolute atomic E-state index is 0.0322. The minimum Gasteiger partial charge on any atom is -0.496 e. The molecule has 2 N–H and O–H groups in total. The quantitative estimate of drug-likeness (QED) is 0.212. The highest BCUT2D eigenvalue weighted by Crippen LogP contribution is 2.49. The Labute approximate surface area is 256 Å². The summed E-state index contributed by atoms with van der Waals surface area (Å²) in [4.78, 5) is 29.4. The summed E-state index contributed by atoms with van der Waals surface area (Å²) in [6, 6.07) is 9.29. The van der Waals surface area contributed by atoms with Crippen LogP contribution in [0.25, 0.3) is 11.3 Å². The van der Waals surface area contributed by atoms with Crippen molar-refractivity contribution in [1.29, 1.82) is 0 Å². The second-order valence-corrected chi connectivity index (χ2v) is 12.2. The van der Waals surface area contributed by atoms with Crippen LogP contribution < -0.4 is 14.8 Å². The van der Waals surface area contributed by atoms with Gasteiger partial charge >= 0.3 is 6.18 Å². The Morgan fingerprint density at radius 3 is 2.59 bits per heavy atom. The van der Waals surface area contributed by atoms with Crippen molar-refractivity contribution in [3.63, 3.8) is 0 Å². The topological polar surface area (TPSA) is 97.8 Å². The Balaban J connectivity index is 1.47. The van der Waals surface area contributed by atoms with Crippen molar-refractivity contribution in [1.82, 2.24) is 10.3 Å². The number of ketones is 1. The molecule has 0 saturated carbocycles. The van der Waals surface area contributed by atoms with E-state index in [1.54, 1.807) is 19.9 Å². The maximum absolute atomic E-state index is 14.7. The summed E-state index contributed by atoms with van der Waals surface area (Å²) < 4.78 is 69.2. The maximum atomic E-state index is 14.7. The standard InChI is InChI=1S/C32H31ClF4N2O5/c1-30(2)16-44-28-21(30)15-26(39-27(28)19-6-7-23(34)22(33)13-19)31(42,32(35,36)37)10-8-24(40)17-4-5-18(25(14-17)43-3)12-20-9-11-38-29(20)41/h4-7,13-15,20,42H,8-12,16H2,1-3H3,(H,38,41). The molecule has 7 nitrogen and oxygen atoms in total. The second kappa shape index (κ2) is 11.7. The second-order valence-electron chi connectivity index (χ2n) is 11.8. The van der Waals surface area contributed by atoms with Crippen LogP contribution in [-0.2, 0) is 22.2 Å². The van der Waals surface area contributed by atoms with Gasteiger partial charge in [0.05, 0.1) is 24.4 Å². The van der Waals surface area contributed by atoms with Crippen molar-refractivity contribution in [2.24, 2.45) is 5.92 Å². The number of halogens is 5. The smallest absolute Gasteiger partial charge is 0.422 e. The average molecular weight is 635 g/mol. The molecule has 0 spiro atoms. The molecule has 0 bridgehead atoms. The van der Waals surface area contributed by atoms with Crippen molar-refractivity contribution < 1.29 is 41.7 Å². The van der Waals surface area contributed by atoms with Crippen molar-refractivity contribution in [3.8, 4) is 22.8 Å². The van der Waals surface area contributed by atoms with E-state index >= 15 is 0 Å². The van der Waals surface area contributed by atoms with Gasteiger partial charge in [-0.25, -0.2) is 9.37 Å². The molecule has 2 aliphatic rings. The molecule has 5 rings (SSSR count). The van der Waals surface area contributed by atoms with Gasteiger partial charge in [-0.2, -0.15) is 13.2 Å². The number of fused-ring (bicyclic) bond motifs is 1. The van der Waals surface area contributed by atoms with E-state index in [4.69, 9.17) is 21.1 Å². The molecule has 0 aliphatic carbocycles. The minimum atomic E-state index is -5.21. The third-order valence-corrected chi connectivity index (χ3v) is 8.61. The van der Waals surface area contributed by atoms with Crippen LogP contribution in [0.15, 0.2) is 42.5 Å². The molecule has 2 unspecified atom stereocenters. The van der Waals surface area contributed by atoms with E-state index < -0.39 is 47.3 Å². The first kappa shape index (κ1) is 31.7. The molecule has 1 aromatic heterocycles. The molecule has 3 heterocycles. The predicted octanol–water partition coefficient (Wildman–Crippen LogP) is 6.31. The molecule has 1 fully saturated rings. The summed E-state index contributed by atoms with van der Waals surface area (Å²) in [5.74, 6) is -1.12. The fourth-order valence-corrected chi connectivity index (χ4v) is 5.79. The lowest BCUT2D eigenvalue weighted by Crippen LogP contribution is -2.43. The summed E-state index contributed by atoms with van der Waals surface area (Å²) in [6.45, 7) is 4.27. The highest BCUT2D eigenvalue weighted by atomic mass is 35.5. The van der Waals surface area contributed by atoms with E-state index in [-0.39, 0.29) is 46.0 Å². The lowest BCUT2D eigenvalue weighted by Gasteiger charge is -2.31. The van der Waals surface area contributed by atoms with Gasteiger partial charge in [-0.1, -0.05) is 37.6 Å². The number of rotatable bonds is 9. The van der Waals surface area contributed by atoms with E-state index in [0.717, 1.165) is 12.1 Å². The number of pyridine rings is 1. The SMILES string of the molecule is COc1cc(C(=O)CCC(O)(c2cc3c(c(-c4ccc(F)c(Cl)c4)n2)OCC3(C)C)C(F)(F)F)ccc1CC1CCNC1=O. The summed E-state index contributed by atoms with van der Waals surface area (Å²) in [5, 5.41) is 13.8. The van der Waals surface area contributed by atoms with Crippen molar-refractivity contribution in [2.45, 2.75) is 56.7 Å². The molecule has 2 atom stereocenters. The molecular formula is C32H31ClF4N2O5. The summed E-state index contributed by atoms with van der Waals surface area (Å²) in [6.07, 6.45) is -5.84. The first-order valence-electron chi connectivity index (χ1n) is 14.1. The lowest BCUT2D eigenvalue weighted by atomic mass is 9.83. The van der Waals surface area contributed by atoms with Gasteiger partial charge in [-0.15, -0.1) is 0 Å². The molecule has 1 amide bonds. The normalized spacial score (nSPS) is 18.8. The molecule has 12 heteroatoms. The number of carbonyl (C=O) groups is 2. The van der Waals surface area contributed by atoms with Crippen LogP contribution in [0, 0.1) is 11.7 Å². The van der Waals surface area contributed by atoms with Crippen molar-refractivity contribution in [2.75, 3.05) is 20.3 Å². The number of nitrogens with zero attached hydrogens (tertiary/aromatic N) is 1. The molecule has 2 aromatic carbocycles. The first-order valence-corrected chi connectivity index (χ1v) is 14.4. The molecular weight excluding hydrogens is 604 g/mol. The van der Waals surface area contributed by atoms with E-state index in [1.165, 1.54) is 31.4 Å². The molecule has 0 radical (unpaired) electrons. The maximum Gasteiger partial charge on any atom is 0.422 e. The fourth-order valence-electron chi connectivity index (χ4n) is 5.61. The monoisotopic (exact) mass is 634 g/mol. The number of Topliss-reactive ketones (excluding diaryl/α,β-unsaturated/α-hetero) is 1. The van der Waals surface area contributed by atoms with Gasteiger partial charge in [-0.05, 0) is 55.2 Å². The number of carbonyl (C=O) groups excluding carboxylic acids is 2. The number of aliphatic hydroxyl groups is 1. The Morgan fingerprint density at radius 1 is 1.20 bits per heavy atom. The largest absolute Gasteiger partial charge is 0.496 e. The molecule has 44 heavy (non-hydrogen) atoms. The van der Waals surface area contributed by atoms with Crippen LogP contribution in [-0.4, -0.2) is 48.2 Å². The molecule has 2 aliphatic heterocycles. The Bertz CT molecular complexity index is 1630. The Morgan fingerprint density at radius 2 is 1.95 bits per heavy atom. The number of methoxy groups -OCH3 is 1. The van der Waals surface area contributed by atoms with Crippen LogP contribution in [0.5, 0.6) is 11.5 Å². The van der Waals surface area contributed by atoms with Crippen LogP contribution in [0.4, 0.5) is 17.6 Å². The highest BCUT2D eigenvalue weighted by Gasteiger charge is 2.56. The molecule has 234 valence electrons. The van der Waals surface area contributed by atoms with E-state index in [2.05, 4.69) is 10.3 Å².